The predicted molar refractivity (Wildman–Crippen MR) is 105 cm³/mol. The second kappa shape index (κ2) is 9.60. The van der Waals surface area contributed by atoms with Crippen molar-refractivity contribution in [2.24, 2.45) is 5.92 Å². The van der Waals surface area contributed by atoms with Crippen LogP contribution in [0.25, 0.3) is 0 Å². The van der Waals surface area contributed by atoms with Gasteiger partial charge in [0.2, 0.25) is 0 Å². The topological polar surface area (TPSA) is 47.6 Å². The third kappa shape index (κ3) is 5.75. The first-order valence-corrected chi connectivity index (χ1v) is 9.09. The third-order valence-electron chi connectivity index (χ3n) is 3.97. The lowest BCUT2D eigenvalue weighted by molar-refractivity contribution is 0.0930. The van der Waals surface area contributed by atoms with Crippen LogP contribution >= 0.6 is 11.6 Å². The Morgan fingerprint density at radius 1 is 1.12 bits per heavy atom. The number of amides is 1. The summed E-state index contributed by atoms with van der Waals surface area (Å²) >= 11 is 5.91. The Hall–Kier alpha value is -2.04. The lowest BCUT2D eigenvalue weighted by Gasteiger charge is -2.16. The molecule has 2 aromatic carbocycles. The molecule has 0 bridgehead atoms. The Bertz CT molecular complexity index is 729. The molecule has 0 aliphatic carbocycles. The largest absolute Gasteiger partial charge is 0.496 e. The molecular formula is C21H26ClNO3. The van der Waals surface area contributed by atoms with Gasteiger partial charge in [0, 0.05) is 22.8 Å². The lowest BCUT2D eigenvalue weighted by atomic mass is 10.1. The number of carbonyl (C=O) groups excluding carboxylic acids is 1. The summed E-state index contributed by atoms with van der Waals surface area (Å²) in [5.74, 6) is 1.03. The van der Waals surface area contributed by atoms with E-state index in [2.05, 4.69) is 19.2 Å². The average molecular weight is 376 g/mol. The van der Waals surface area contributed by atoms with E-state index in [1.807, 2.05) is 37.3 Å². The summed E-state index contributed by atoms with van der Waals surface area (Å²) in [5, 5.41) is 3.68. The summed E-state index contributed by atoms with van der Waals surface area (Å²) in [5.41, 5.74) is 2.44. The van der Waals surface area contributed by atoms with Crippen molar-refractivity contribution in [1.82, 2.24) is 5.32 Å². The molecule has 140 valence electrons. The molecule has 0 aliphatic heterocycles. The minimum Gasteiger partial charge on any atom is -0.496 e. The fraction of sp³-hybridized carbons (Fsp3) is 0.381. The Labute approximate surface area is 160 Å². The summed E-state index contributed by atoms with van der Waals surface area (Å²) in [6.45, 7) is 7.21. The van der Waals surface area contributed by atoms with Crippen LogP contribution in [0.1, 0.15) is 48.3 Å². The monoisotopic (exact) mass is 375 g/mol. The van der Waals surface area contributed by atoms with E-state index in [4.69, 9.17) is 21.1 Å². The van der Waals surface area contributed by atoms with Crippen molar-refractivity contribution < 1.29 is 14.3 Å². The number of carbonyl (C=O) groups is 1. The van der Waals surface area contributed by atoms with Gasteiger partial charge in [0.25, 0.3) is 5.91 Å². The van der Waals surface area contributed by atoms with Crippen LogP contribution in [0, 0.1) is 5.92 Å². The van der Waals surface area contributed by atoms with E-state index in [0.717, 1.165) is 16.9 Å². The second-order valence-corrected chi connectivity index (χ2v) is 7.12. The van der Waals surface area contributed by atoms with Gasteiger partial charge in [-0.05, 0) is 48.7 Å². The molecular weight excluding hydrogens is 350 g/mol. The van der Waals surface area contributed by atoms with Crippen molar-refractivity contribution in [3.05, 3.63) is 64.2 Å². The number of nitrogens with one attached hydrogen (secondary N) is 1. The van der Waals surface area contributed by atoms with Gasteiger partial charge in [0.05, 0.1) is 19.8 Å². The molecule has 0 radical (unpaired) electrons. The van der Waals surface area contributed by atoms with Gasteiger partial charge in [-0.25, -0.2) is 0 Å². The van der Waals surface area contributed by atoms with Crippen LogP contribution in [0.3, 0.4) is 0 Å². The van der Waals surface area contributed by atoms with E-state index in [9.17, 15) is 4.79 Å². The fourth-order valence-electron chi connectivity index (χ4n) is 2.55. The van der Waals surface area contributed by atoms with Gasteiger partial charge in [-0.1, -0.05) is 37.6 Å². The van der Waals surface area contributed by atoms with E-state index in [-0.39, 0.29) is 11.9 Å². The summed E-state index contributed by atoms with van der Waals surface area (Å²) in [6.07, 6.45) is 0. The summed E-state index contributed by atoms with van der Waals surface area (Å²) in [7, 11) is 1.61. The molecule has 26 heavy (non-hydrogen) atoms. The van der Waals surface area contributed by atoms with E-state index < -0.39 is 0 Å². The fourth-order valence-corrected chi connectivity index (χ4v) is 2.68. The summed E-state index contributed by atoms with van der Waals surface area (Å²) in [4.78, 5) is 12.6. The molecule has 1 atom stereocenters. The van der Waals surface area contributed by atoms with Gasteiger partial charge in [0.15, 0.2) is 0 Å². The highest BCUT2D eigenvalue weighted by atomic mass is 35.5. The second-order valence-electron chi connectivity index (χ2n) is 6.68. The minimum atomic E-state index is -0.139. The zero-order valence-electron chi connectivity index (χ0n) is 15.7. The zero-order chi connectivity index (χ0) is 19.1. The lowest BCUT2D eigenvalue weighted by Crippen LogP contribution is -2.26. The van der Waals surface area contributed by atoms with E-state index in [0.29, 0.717) is 29.7 Å². The van der Waals surface area contributed by atoms with Gasteiger partial charge in [-0.3, -0.25) is 4.79 Å². The number of benzene rings is 2. The first kappa shape index (κ1) is 20.3. The quantitative estimate of drug-likeness (QED) is 0.705. The third-order valence-corrected chi connectivity index (χ3v) is 4.22. The Morgan fingerprint density at radius 2 is 1.81 bits per heavy atom. The molecule has 0 aromatic heterocycles. The average Bonchev–Trinajstić information content (AvgIpc) is 2.61. The molecule has 0 aliphatic rings. The van der Waals surface area contributed by atoms with Crippen molar-refractivity contribution in [1.29, 1.82) is 0 Å². The van der Waals surface area contributed by atoms with Crippen molar-refractivity contribution in [2.45, 2.75) is 33.4 Å². The van der Waals surface area contributed by atoms with Crippen LogP contribution in [-0.4, -0.2) is 19.6 Å². The van der Waals surface area contributed by atoms with Crippen LogP contribution in [0.15, 0.2) is 42.5 Å². The van der Waals surface area contributed by atoms with Crippen LogP contribution in [-0.2, 0) is 11.3 Å². The molecule has 0 fully saturated rings. The van der Waals surface area contributed by atoms with E-state index in [1.54, 1.807) is 19.2 Å². The number of methoxy groups -OCH3 is 1. The number of ether oxygens (including phenoxy) is 2. The molecule has 0 heterocycles. The smallest absolute Gasteiger partial charge is 0.251 e. The van der Waals surface area contributed by atoms with Crippen molar-refractivity contribution in [3.8, 4) is 5.75 Å². The highest BCUT2D eigenvalue weighted by Gasteiger charge is 2.14. The molecule has 0 saturated heterocycles. The molecule has 2 aromatic rings. The zero-order valence-corrected chi connectivity index (χ0v) is 16.5. The first-order valence-electron chi connectivity index (χ1n) is 8.71. The summed E-state index contributed by atoms with van der Waals surface area (Å²) in [6, 6.07) is 12.7. The Morgan fingerprint density at radius 3 is 2.42 bits per heavy atom. The molecule has 0 unspecified atom stereocenters. The van der Waals surface area contributed by atoms with Crippen LogP contribution < -0.4 is 10.1 Å². The van der Waals surface area contributed by atoms with Crippen molar-refractivity contribution in [3.63, 3.8) is 0 Å². The van der Waals surface area contributed by atoms with Gasteiger partial charge >= 0.3 is 0 Å². The first-order chi connectivity index (χ1) is 12.4. The van der Waals surface area contributed by atoms with Crippen LogP contribution in [0.4, 0.5) is 0 Å². The maximum absolute atomic E-state index is 12.6. The number of hydrogen-bond acceptors (Lipinski definition) is 3. The highest BCUT2D eigenvalue weighted by Crippen LogP contribution is 2.22. The van der Waals surface area contributed by atoms with E-state index in [1.165, 1.54) is 0 Å². The predicted octanol–water partition coefficient (Wildman–Crippen LogP) is 5.01. The molecule has 0 saturated carbocycles. The molecule has 5 heteroatoms. The Balaban J connectivity index is 2.08. The van der Waals surface area contributed by atoms with Gasteiger partial charge < -0.3 is 14.8 Å². The Kier molecular flexibility index (Phi) is 7.49. The molecule has 4 nitrogen and oxygen atoms in total. The maximum atomic E-state index is 12.6. The van der Waals surface area contributed by atoms with Gasteiger partial charge in [-0.2, -0.15) is 0 Å². The summed E-state index contributed by atoms with van der Waals surface area (Å²) < 4.78 is 11.1. The van der Waals surface area contributed by atoms with Crippen molar-refractivity contribution in [2.75, 3.05) is 13.7 Å². The normalized spacial score (nSPS) is 12.1. The van der Waals surface area contributed by atoms with Crippen LogP contribution in [0.5, 0.6) is 5.75 Å². The molecule has 1 N–H and O–H groups in total. The minimum absolute atomic E-state index is 0.123. The van der Waals surface area contributed by atoms with Gasteiger partial charge in [-0.15, -0.1) is 0 Å². The molecule has 2 rings (SSSR count). The number of halogens is 1. The van der Waals surface area contributed by atoms with Crippen molar-refractivity contribution >= 4 is 17.5 Å². The van der Waals surface area contributed by atoms with Gasteiger partial charge in [0.1, 0.15) is 5.75 Å². The van der Waals surface area contributed by atoms with Crippen LogP contribution in [0.2, 0.25) is 5.02 Å². The maximum Gasteiger partial charge on any atom is 0.251 e. The molecule has 1 amide bonds. The molecule has 0 spiro atoms. The SMILES string of the molecule is COc1ccc(C(=O)N[C@H](C)c2ccc(Cl)cc2)cc1COCC(C)C. The number of hydrogen-bond donors (Lipinski definition) is 1. The van der Waals surface area contributed by atoms with E-state index >= 15 is 0 Å². The highest BCUT2D eigenvalue weighted by molar-refractivity contribution is 6.30. The standard InChI is InChI=1S/C21H26ClNO3/c1-14(2)12-26-13-18-11-17(7-10-20(18)25-4)21(24)23-15(3)16-5-8-19(22)9-6-16/h5-11,14-15H,12-13H2,1-4H3,(H,23,24)/t15-/m1/s1. The number of rotatable bonds is 8.